The number of thiophene rings is 1. The second kappa shape index (κ2) is 6.19. The summed E-state index contributed by atoms with van der Waals surface area (Å²) in [6.45, 7) is 2.82. The Balaban J connectivity index is 2.25. The van der Waals surface area contributed by atoms with Crippen molar-refractivity contribution in [3.8, 4) is 0 Å². The molecule has 0 aromatic carbocycles. The summed E-state index contributed by atoms with van der Waals surface area (Å²) in [7, 11) is 0. The van der Waals surface area contributed by atoms with Crippen molar-refractivity contribution in [1.82, 2.24) is 10.6 Å². The van der Waals surface area contributed by atoms with Crippen LogP contribution in [0.3, 0.4) is 0 Å². The van der Waals surface area contributed by atoms with E-state index in [1.54, 1.807) is 11.3 Å². The maximum absolute atomic E-state index is 11.8. The molecule has 0 aliphatic heterocycles. The Morgan fingerprint density at radius 1 is 1.39 bits per heavy atom. The lowest BCUT2D eigenvalue weighted by Gasteiger charge is -2.08. The number of aryl methyl sites for hydroxylation is 2. The topological polar surface area (TPSA) is 41.1 Å². The van der Waals surface area contributed by atoms with E-state index < -0.39 is 18.6 Å². The molecule has 0 saturated heterocycles. The molecule has 1 heterocycles. The van der Waals surface area contributed by atoms with Crippen LogP contribution in [-0.2, 0) is 11.3 Å². The van der Waals surface area contributed by atoms with Gasteiger partial charge >= 0.3 is 6.18 Å². The molecule has 2 N–H and O–H groups in total. The fraction of sp³-hybridized carbons (Fsp3) is 0.545. The predicted molar refractivity (Wildman–Crippen MR) is 64.6 cm³/mol. The quantitative estimate of drug-likeness (QED) is 0.867. The van der Waals surface area contributed by atoms with Gasteiger partial charge in [0.15, 0.2) is 0 Å². The van der Waals surface area contributed by atoms with Crippen LogP contribution in [0.15, 0.2) is 6.07 Å². The van der Waals surface area contributed by atoms with E-state index in [1.165, 1.54) is 4.88 Å². The van der Waals surface area contributed by atoms with E-state index in [0.717, 1.165) is 10.4 Å². The molecule has 0 saturated carbocycles. The van der Waals surface area contributed by atoms with Gasteiger partial charge in [0.1, 0.15) is 0 Å². The first kappa shape index (κ1) is 15.0. The summed E-state index contributed by atoms with van der Waals surface area (Å²) in [6, 6.07) is 1.96. The molecule has 0 bridgehead atoms. The third kappa shape index (κ3) is 5.50. The molecule has 0 aliphatic rings. The number of rotatable bonds is 5. The molecule has 1 aromatic rings. The highest BCUT2D eigenvalue weighted by Crippen LogP contribution is 2.20. The lowest BCUT2D eigenvalue weighted by atomic mass is 10.3. The predicted octanol–water partition coefficient (Wildman–Crippen LogP) is 2.13. The normalized spacial score (nSPS) is 11.6. The number of halogens is 3. The lowest BCUT2D eigenvalue weighted by Crippen LogP contribution is -2.37. The van der Waals surface area contributed by atoms with Gasteiger partial charge in [-0.2, -0.15) is 13.2 Å². The fourth-order valence-corrected chi connectivity index (χ4v) is 2.30. The van der Waals surface area contributed by atoms with Crippen LogP contribution < -0.4 is 10.6 Å². The first-order valence-electron chi connectivity index (χ1n) is 5.38. The Bertz CT molecular complexity index is 395. The average Bonchev–Trinajstić information content (AvgIpc) is 2.54. The molecule has 1 aromatic heterocycles. The van der Waals surface area contributed by atoms with E-state index in [1.807, 2.05) is 25.2 Å². The first-order chi connectivity index (χ1) is 8.28. The van der Waals surface area contributed by atoms with Crippen LogP contribution in [0.25, 0.3) is 0 Å². The van der Waals surface area contributed by atoms with Crippen LogP contribution in [0.2, 0.25) is 0 Å². The van der Waals surface area contributed by atoms with E-state index >= 15 is 0 Å². The van der Waals surface area contributed by atoms with Gasteiger partial charge in [-0.05, 0) is 25.5 Å². The van der Waals surface area contributed by atoms with Gasteiger partial charge in [0, 0.05) is 9.75 Å². The molecule has 1 rings (SSSR count). The van der Waals surface area contributed by atoms with Crippen molar-refractivity contribution < 1.29 is 18.0 Å². The number of carbonyl (C=O) groups is 1. The van der Waals surface area contributed by atoms with Gasteiger partial charge in [0.25, 0.3) is 0 Å². The molecule has 0 fully saturated rings. The van der Waals surface area contributed by atoms with Crippen molar-refractivity contribution in [2.24, 2.45) is 0 Å². The number of alkyl halides is 3. The minimum atomic E-state index is -4.29. The first-order valence-corrected chi connectivity index (χ1v) is 6.19. The highest BCUT2D eigenvalue weighted by atomic mass is 32.1. The van der Waals surface area contributed by atoms with Gasteiger partial charge in [0.05, 0.1) is 19.6 Å². The van der Waals surface area contributed by atoms with Crippen LogP contribution in [0, 0.1) is 13.8 Å². The molecule has 18 heavy (non-hydrogen) atoms. The van der Waals surface area contributed by atoms with Crippen molar-refractivity contribution in [2.75, 3.05) is 13.1 Å². The van der Waals surface area contributed by atoms with Crippen molar-refractivity contribution in [1.29, 1.82) is 0 Å². The Labute approximate surface area is 107 Å². The molecular formula is C11H15F3N2OS. The molecule has 3 nitrogen and oxygen atoms in total. The highest BCUT2D eigenvalue weighted by molar-refractivity contribution is 7.12. The van der Waals surface area contributed by atoms with Crippen LogP contribution in [0.4, 0.5) is 13.2 Å². The summed E-state index contributed by atoms with van der Waals surface area (Å²) in [5.74, 6) is -0.442. The van der Waals surface area contributed by atoms with Gasteiger partial charge in [-0.1, -0.05) is 0 Å². The molecule has 0 atom stereocenters. The van der Waals surface area contributed by atoms with Crippen LogP contribution >= 0.6 is 11.3 Å². The Hall–Kier alpha value is -1.08. The fourth-order valence-electron chi connectivity index (χ4n) is 1.30. The van der Waals surface area contributed by atoms with Gasteiger partial charge < -0.3 is 10.6 Å². The minimum absolute atomic E-state index is 0.331. The second-order valence-corrected chi connectivity index (χ2v) is 5.29. The van der Waals surface area contributed by atoms with Crippen molar-refractivity contribution in [2.45, 2.75) is 26.6 Å². The van der Waals surface area contributed by atoms with E-state index in [0.29, 0.717) is 6.54 Å². The summed E-state index contributed by atoms with van der Waals surface area (Å²) in [4.78, 5) is 13.4. The second-order valence-electron chi connectivity index (χ2n) is 3.95. The highest BCUT2D eigenvalue weighted by Gasteiger charge is 2.26. The molecular weight excluding hydrogens is 265 g/mol. The number of nitrogens with one attached hydrogen (secondary N) is 2. The Kier molecular flexibility index (Phi) is 5.15. The molecule has 0 aliphatic carbocycles. The number of hydrogen-bond acceptors (Lipinski definition) is 3. The van der Waals surface area contributed by atoms with Crippen molar-refractivity contribution in [3.63, 3.8) is 0 Å². The van der Waals surface area contributed by atoms with Crippen LogP contribution in [0.1, 0.15) is 15.3 Å². The summed E-state index contributed by atoms with van der Waals surface area (Å²) in [5.41, 5.74) is 1.15. The van der Waals surface area contributed by atoms with E-state index in [-0.39, 0.29) is 6.54 Å². The zero-order chi connectivity index (χ0) is 13.8. The van der Waals surface area contributed by atoms with E-state index in [9.17, 15) is 18.0 Å². The molecule has 0 spiro atoms. The largest absolute Gasteiger partial charge is 0.401 e. The number of hydrogen-bond donors (Lipinski definition) is 2. The van der Waals surface area contributed by atoms with E-state index in [2.05, 4.69) is 5.32 Å². The van der Waals surface area contributed by atoms with Gasteiger partial charge in [-0.25, -0.2) is 0 Å². The van der Waals surface area contributed by atoms with Crippen LogP contribution in [0.5, 0.6) is 0 Å². The number of amides is 1. The third-order valence-corrected chi connectivity index (χ3v) is 3.44. The Morgan fingerprint density at radius 2 is 2.06 bits per heavy atom. The lowest BCUT2D eigenvalue weighted by molar-refractivity contribution is -0.128. The van der Waals surface area contributed by atoms with Gasteiger partial charge in [-0.15, -0.1) is 11.3 Å². The standard InChI is InChI=1S/C11H15F3N2OS/c1-7-3-9(18-8(7)2)4-16-10(17)5-15-6-11(12,13)14/h3,15H,4-6H2,1-2H3,(H,16,17). The maximum Gasteiger partial charge on any atom is 0.401 e. The summed E-state index contributed by atoms with van der Waals surface area (Å²) >= 11 is 1.57. The third-order valence-electron chi connectivity index (χ3n) is 2.29. The minimum Gasteiger partial charge on any atom is -0.350 e. The Morgan fingerprint density at radius 3 is 2.56 bits per heavy atom. The zero-order valence-corrected chi connectivity index (χ0v) is 11.0. The van der Waals surface area contributed by atoms with Crippen molar-refractivity contribution >= 4 is 17.2 Å². The molecule has 7 heteroatoms. The van der Waals surface area contributed by atoms with Crippen molar-refractivity contribution in [3.05, 3.63) is 21.4 Å². The molecule has 0 radical (unpaired) electrons. The summed E-state index contributed by atoms with van der Waals surface area (Å²) in [6.07, 6.45) is -4.29. The zero-order valence-electron chi connectivity index (χ0n) is 10.1. The molecule has 1 amide bonds. The smallest absolute Gasteiger partial charge is 0.350 e. The van der Waals surface area contributed by atoms with Gasteiger partial charge in [0.2, 0.25) is 5.91 Å². The maximum atomic E-state index is 11.8. The van der Waals surface area contributed by atoms with E-state index in [4.69, 9.17) is 0 Å². The summed E-state index contributed by atoms with van der Waals surface area (Å²) in [5, 5.41) is 4.61. The average molecular weight is 280 g/mol. The van der Waals surface area contributed by atoms with Gasteiger partial charge in [-0.3, -0.25) is 4.79 Å². The number of carbonyl (C=O) groups excluding carboxylic acids is 1. The van der Waals surface area contributed by atoms with Crippen LogP contribution in [-0.4, -0.2) is 25.2 Å². The SMILES string of the molecule is Cc1cc(CNC(=O)CNCC(F)(F)F)sc1C. The molecule has 0 unspecified atom stereocenters. The monoisotopic (exact) mass is 280 g/mol. The summed E-state index contributed by atoms with van der Waals surface area (Å²) < 4.78 is 35.4. The molecule has 102 valence electrons.